The van der Waals surface area contributed by atoms with E-state index >= 15 is 0 Å². The Labute approximate surface area is 164 Å². The average Bonchev–Trinajstić information content (AvgIpc) is 3.14. The summed E-state index contributed by atoms with van der Waals surface area (Å²) in [4.78, 5) is 25.8. The number of thiophene rings is 1. The standard InChI is InChI=1S/C19H20BrNO4S/c1-3-24-19(23)17-12-5-4-6-15(12)26-18(17)21-16(22)10-25-14-8-7-11(2)9-13(14)20/h7-9H,3-6,10H2,1-2H3,(H,21,22). The maximum atomic E-state index is 12.3. The number of anilines is 1. The minimum atomic E-state index is -0.371. The van der Waals surface area contributed by atoms with Crippen LogP contribution in [0, 0.1) is 6.92 Å². The van der Waals surface area contributed by atoms with Gasteiger partial charge < -0.3 is 14.8 Å². The normalized spacial score (nSPS) is 12.6. The fourth-order valence-electron chi connectivity index (χ4n) is 2.94. The summed E-state index contributed by atoms with van der Waals surface area (Å²) in [5.74, 6) is -0.0719. The lowest BCUT2D eigenvalue weighted by molar-refractivity contribution is -0.118. The molecule has 1 aromatic carbocycles. The molecule has 1 aliphatic carbocycles. The van der Waals surface area contributed by atoms with E-state index < -0.39 is 0 Å². The van der Waals surface area contributed by atoms with Crippen LogP contribution < -0.4 is 10.1 Å². The van der Waals surface area contributed by atoms with Crippen molar-refractivity contribution in [3.8, 4) is 5.75 Å². The highest BCUT2D eigenvalue weighted by Gasteiger charge is 2.28. The summed E-state index contributed by atoms with van der Waals surface area (Å²) >= 11 is 4.89. The number of amides is 1. The first-order valence-corrected chi connectivity index (χ1v) is 10.1. The van der Waals surface area contributed by atoms with E-state index in [9.17, 15) is 9.59 Å². The van der Waals surface area contributed by atoms with Gasteiger partial charge in [0.1, 0.15) is 10.8 Å². The minimum Gasteiger partial charge on any atom is -0.483 e. The molecule has 1 heterocycles. The lowest BCUT2D eigenvalue weighted by Gasteiger charge is -2.10. The lowest BCUT2D eigenvalue weighted by Crippen LogP contribution is -2.21. The van der Waals surface area contributed by atoms with Crippen LogP contribution in [0.2, 0.25) is 0 Å². The third-order valence-corrected chi connectivity index (χ3v) is 5.93. The number of hydrogen-bond donors (Lipinski definition) is 1. The predicted molar refractivity (Wildman–Crippen MR) is 105 cm³/mol. The van der Waals surface area contributed by atoms with Gasteiger partial charge in [0, 0.05) is 4.88 Å². The highest BCUT2D eigenvalue weighted by molar-refractivity contribution is 9.10. The monoisotopic (exact) mass is 437 g/mol. The average molecular weight is 438 g/mol. The number of benzene rings is 1. The number of esters is 1. The van der Waals surface area contributed by atoms with E-state index in [1.54, 1.807) is 6.92 Å². The van der Waals surface area contributed by atoms with Gasteiger partial charge in [-0.05, 0) is 72.3 Å². The number of hydrogen-bond acceptors (Lipinski definition) is 5. The summed E-state index contributed by atoms with van der Waals surface area (Å²) in [6, 6.07) is 5.66. The number of halogens is 1. The number of aryl methyl sites for hydroxylation is 2. The zero-order valence-corrected chi connectivity index (χ0v) is 17.1. The van der Waals surface area contributed by atoms with Gasteiger partial charge in [0.05, 0.1) is 16.6 Å². The van der Waals surface area contributed by atoms with Crippen LogP contribution in [0.25, 0.3) is 0 Å². The Bertz CT molecular complexity index is 846. The number of nitrogens with one attached hydrogen (secondary N) is 1. The molecular weight excluding hydrogens is 418 g/mol. The lowest BCUT2D eigenvalue weighted by atomic mass is 10.1. The Morgan fingerprint density at radius 2 is 2.12 bits per heavy atom. The predicted octanol–water partition coefficient (Wildman–Crippen LogP) is 4.50. The number of rotatable bonds is 6. The summed E-state index contributed by atoms with van der Waals surface area (Å²) in [6.45, 7) is 3.93. The summed E-state index contributed by atoms with van der Waals surface area (Å²) in [6.07, 6.45) is 2.82. The van der Waals surface area contributed by atoms with Crippen LogP contribution in [0.15, 0.2) is 22.7 Å². The van der Waals surface area contributed by atoms with Gasteiger partial charge in [0.2, 0.25) is 0 Å². The van der Waals surface area contributed by atoms with Crippen LogP contribution in [0.5, 0.6) is 5.75 Å². The van der Waals surface area contributed by atoms with E-state index in [-0.39, 0.29) is 18.5 Å². The molecule has 0 aliphatic heterocycles. The highest BCUT2D eigenvalue weighted by Crippen LogP contribution is 2.39. The minimum absolute atomic E-state index is 0.132. The molecule has 0 spiro atoms. The molecule has 7 heteroatoms. The van der Waals surface area contributed by atoms with Crippen LogP contribution in [0.1, 0.15) is 39.7 Å². The molecular formula is C19H20BrNO4S. The molecule has 1 aliphatic rings. The van der Waals surface area contributed by atoms with Crippen LogP contribution in [-0.4, -0.2) is 25.1 Å². The van der Waals surface area contributed by atoms with Crippen molar-refractivity contribution < 1.29 is 19.1 Å². The molecule has 0 fully saturated rings. The van der Waals surface area contributed by atoms with Gasteiger partial charge in [-0.1, -0.05) is 6.07 Å². The van der Waals surface area contributed by atoms with Gasteiger partial charge in [-0.3, -0.25) is 4.79 Å². The quantitative estimate of drug-likeness (QED) is 0.675. The van der Waals surface area contributed by atoms with Gasteiger partial charge >= 0.3 is 5.97 Å². The van der Waals surface area contributed by atoms with Gasteiger partial charge in [-0.15, -0.1) is 11.3 Å². The molecule has 0 atom stereocenters. The fraction of sp³-hybridized carbons (Fsp3) is 0.368. The van der Waals surface area contributed by atoms with E-state index in [2.05, 4.69) is 21.2 Å². The number of ether oxygens (including phenoxy) is 2. The number of carbonyl (C=O) groups is 2. The Kier molecular flexibility index (Phi) is 5.98. The topological polar surface area (TPSA) is 64.6 Å². The second-order valence-electron chi connectivity index (χ2n) is 6.05. The van der Waals surface area contributed by atoms with Crippen molar-refractivity contribution in [3.05, 3.63) is 44.2 Å². The molecule has 0 unspecified atom stereocenters. The largest absolute Gasteiger partial charge is 0.483 e. The first-order chi connectivity index (χ1) is 12.5. The maximum Gasteiger partial charge on any atom is 0.341 e. The molecule has 138 valence electrons. The second-order valence-corrected chi connectivity index (χ2v) is 8.01. The molecule has 1 aromatic heterocycles. The molecule has 0 radical (unpaired) electrons. The van der Waals surface area contributed by atoms with Gasteiger partial charge in [-0.2, -0.15) is 0 Å². The first-order valence-electron chi connectivity index (χ1n) is 8.50. The molecule has 0 saturated heterocycles. The third-order valence-electron chi connectivity index (χ3n) is 4.10. The molecule has 26 heavy (non-hydrogen) atoms. The van der Waals surface area contributed by atoms with E-state index in [0.29, 0.717) is 22.9 Å². The van der Waals surface area contributed by atoms with E-state index in [1.807, 2.05) is 25.1 Å². The van der Waals surface area contributed by atoms with Crippen molar-refractivity contribution in [1.29, 1.82) is 0 Å². The van der Waals surface area contributed by atoms with Crippen molar-refractivity contribution >= 4 is 44.1 Å². The smallest absolute Gasteiger partial charge is 0.341 e. The van der Waals surface area contributed by atoms with Crippen molar-refractivity contribution in [2.45, 2.75) is 33.1 Å². The van der Waals surface area contributed by atoms with E-state index in [4.69, 9.17) is 9.47 Å². The van der Waals surface area contributed by atoms with E-state index in [0.717, 1.165) is 39.7 Å². The fourth-order valence-corrected chi connectivity index (χ4v) is 4.84. The van der Waals surface area contributed by atoms with Crippen molar-refractivity contribution in [1.82, 2.24) is 0 Å². The first kappa shape index (κ1) is 18.9. The maximum absolute atomic E-state index is 12.3. The number of fused-ring (bicyclic) bond motifs is 1. The van der Waals surface area contributed by atoms with E-state index in [1.165, 1.54) is 11.3 Å². The molecule has 3 rings (SSSR count). The SMILES string of the molecule is CCOC(=O)c1c(NC(=O)COc2ccc(C)cc2Br)sc2c1CCC2. The highest BCUT2D eigenvalue weighted by atomic mass is 79.9. The summed E-state index contributed by atoms with van der Waals surface area (Å²) in [5, 5.41) is 3.38. The second kappa shape index (κ2) is 8.22. The Hall–Kier alpha value is -1.86. The molecule has 0 bridgehead atoms. The summed E-state index contributed by atoms with van der Waals surface area (Å²) in [5.41, 5.74) is 2.63. The molecule has 0 saturated carbocycles. The van der Waals surface area contributed by atoms with Gasteiger partial charge in [0.25, 0.3) is 5.91 Å². The van der Waals surface area contributed by atoms with Crippen molar-refractivity contribution in [2.24, 2.45) is 0 Å². The molecule has 1 amide bonds. The third kappa shape index (κ3) is 4.10. The zero-order valence-electron chi connectivity index (χ0n) is 14.7. The van der Waals surface area contributed by atoms with Gasteiger partial charge in [0.15, 0.2) is 6.61 Å². The summed E-state index contributed by atoms with van der Waals surface area (Å²) < 4.78 is 11.5. The Balaban J connectivity index is 1.70. The molecule has 2 aromatic rings. The molecule has 1 N–H and O–H groups in total. The van der Waals surface area contributed by atoms with Crippen LogP contribution >= 0.6 is 27.3 Å². The van der Waals surface area contributed by atoms with Crippen LogP contribution in [0.3, 0.4) is 0 Å². The van der Waals surface area contributed by atoms with Crippen molar-refractivity contribution in [2.75, 3.05) is 18.5 Å². The summed E-state index contributed by atoms with van der Waals surface area (Å²) in [7, 11) is 0. The van der Waals surface area contributed by atoms with Crippen molar-refractivity contribution in [3.63, 3.8) is 0 Å². The Morgan fingerprint density at radius 1 is 1.31 bits per heavy atom. The van der Waals surface area contributed by atoms with Crippen LogP contribution in [0.4, 0.5) is 5.00 Å². The zero-order chi connectivity index (χ0) is 18.7. The molecule has 5 nitrogen and oxygen atoms in total. The van der Waals surface area contributed by atoms with Gasteiger partial charge in [-0.25, -0.2) is 4.79 Å². The number of carbonyl (C=O) groups excluding carboxylic acids is 2. The Morgan fingerprint density at radius 3 is 2.85 bits per heavy atom. The van der Waals surface area contributed by atoms with Crippen LogP contribution in [-0.2, 0) is 22.4 Å².